The van der Waals surface area contributed by atoms with Crippen molar-refractivity contribution in [1.82, 2.24) is 4.98 Å². The standard InChI is InChI=1S/C13H10N2O4/c16-7-8-1-3-9(4-2-8)15-13(19)10-5-11(17)12(18)6-14-10/h1-7,18H,(H,14,17)(H,15,19). The Hall–Kier alpha value is -2.89. The first kappa shape index (κ1) is 12.6. The van der Waals surface area contributed by atoms with E-state index in [1.807, 2.05) is 0 Å². The minimum atomic E-state index is -0.639. The molecule has 2 aromatic rings. The summed E-state index contributed by atoms with van der Waals surface area (Å²) in [5.41, 5.74) is 0.378. The van der Waals surface area contributed by atoms with Crippen molar-refractivity contribution in [1.29, 1.82) is 0 Å². The first-order chi connectivity index (χ1) is 9.10. The maximum Gasteiger partial charge on any atom is 0.272 e. The molecule has 0 aliphatic heterocycles. The maximum absolute atomic E-state index is 11.8. The number of benzene rings is 1. The van der Waals surface area contributed by atoms with Crippen molar-refractivity contribution in [3.8, 4) is 5.75 Å². The molecule has 1 amide bonds. The van der Waals surface area contributed by atoms with Gasteiger partial charge in [0.1, 0.15) is 12.0 Å². The van der Waals surface area contributed by atoms with E-state index in [2.05, 4.69) is 10.3 Å². The molecule has 1 heterocycles. The summed E-state index contributed by atoms with van der Waals surface area (Å²) >= 11 is 0. The van der Waals surface area contributed by atoms with Crippen LogP contribution < -0.4 is 10.7 Å². The van der Waals surface area contributed by atoms with Crippen molar-refractivity contribution in [3.05, 3.63) is 58.0 Å². The number of aldehydes is 1. The van der Waals surface area contributed by atoms with Crippen molar-refractivity contribution in [2.75, 3.05) is 5.32 Å². The van der Waals surface area contributed by atoms with Crippen LogP contribution in [0.15, 0.2) is 41.3 Å². The van der Waals surface area contributed by atoms with E-state index in [1.165, 1.54) is 0 Å². The van der Waals surface area contributed by atoms with Crippen LogP contribution >= 0.6 is 0 Å². The Balaban J connectivity index is 2.17. The molecule has 1 aromatic carbocycles. The van der Waals surface area contributed by atoms with Crippen LogP contribution in [0.1, 0.15) is 20.8 Å². The topological polar surface area (TPSA) is 99.3 Å². The van der Waals surface area contributed by atoms with E-state index in [9.17, 15) is 14.4 Å². The van der Waals surface area contributed by atoms with Crippen molar-refractivity contribution in [3.63, 3.8) is 0 Å². The van der Waals surface area contributed by atoms with Gasteiger partial charge in [0.05, 0.1) is 0 Å². The van der Waals surface area contributed by atoms with E-state index in [-0.39, 0.29) is 5.69 Å². The summed E-state index contributed by atoms with van der Waals surface area (Å²) in [4.78, 5) is 36.0. The Labute approximate surface area is 107 Å². The molecule has 0 bridgehead atoms. The second-order valence-corrected chi connectivity index (χ2v) is 3.79. The van der Waals surface area contributed by atoms with Gasteiger partial charge >= 0.3 is 0 Å². The van der Waals surface area contributed by atoms with Crippen LogP contribution in [0.3, 0.4) is 0 Å². The fraction of sp³-hybridized carbons (Fsp3) is 0. The van der Waals surface area contributed by atoms with Gasteiger partial charge in [-0.25, -0.2) is 0 Å². The Kier molecular flexibility index (Phi) is 3.42. The number of carbonyl (C=O) groups is 2. The van der Waals surface area contributed by atoms with Crippen LogP contribution in [0.4, 0.5) is 5.69 Å². The highest BCUT2D eigenvalue weighted by molar-refractivity contribution is 6.02. The molecule has 0 aliphatic carbocycles. The SMILES string of the molecule is O=Cc1ccc(NC(=O)c2cc(=O)c(O)c[nH]2)cc1. The van der Waals surface area contributed by atoms with Gasteiger partial charge in [0.2, 0.25) is 5.43 Å². The van der Waals surface area contributed by atoms with Gasteiger partial charge in [-0.1, -0.05) is 0 Å². The molecule has 0 saturated heterocycles. The Morgan fingerprint density at radius 2 is 1.95 bits per heavy atom. The zero-order valence-corrected chi connectivity index (χ0v) is 9.71. The average molecular weight is 258 g/mol. The maximum atomic E-state index is 11.8. The number of amides is 1. The van der Waals surface area contributed by atoms with Crippen LogP contribution in [0, 0.1) is 0 Å². The second kappa shape index (κ2) is 5.18. The number of aromatic nitrogens is 1. The van der Waals surface area contributed by atoms with Crippen molar-refractivity contribution in [2.45, 2.75) is 0 Å². The van der Waals surface area contributed by atoms with Crippen LogP contribution in [-0.2, 0) is 0 Å². The molecule has 19 heavy (non-hydrogen) atoms. The molecule has 0 atom stereocenters. The fourth-order valence-electron chi connectivity index (χ4n) is 1.44. The number of aromatic amines is 1. The quantitative estimate of drug-likeness (QED) is 0.719. The lowest BCUT2D eigenvalue weighted by Crippen LogP contribution is -2.16. The molecule has 0 unspecified atom stereocenters. The number of anilines is 1. The van der Waals surface area contributed by atoms with Gasteiger partial charge in [0, 0.05) is 23.5 Å². The third-order valence-electron chi connectivity index (χ3n) is 2.44. The molecule has 2 rings (SSSR count). The second-order valence-electron chi connectivity index (χ2n) is 3.79. The number of rotatable bonds is 3. The predicted molar refractivity (Wildman–Crippen MR) is 68.5 cm³/mol. The predicted octanol–water partition coefficient (Wildman–Crippen LogP) is 1.15. The van der Waals surface area contributed by atoms with Crippen LogP contribution in [0.25, 0.3) is 0 Å². The van der Waals surface area contributed by atoms with E-state index in [0.29, 0.717) is 17.5 Å². The molecule has 0 saturated carbocycles. The first-order valence-corrected chi connectivity index (χ1v) is 5.38. The zero-order valence-electron chi connectivity index (χ0n) is 9.71. The molecule has 3 N–H and O–H groups in total. The van der Waals surface area contributed by atoms with E-state index in [0.717, 1.165) is 12.3 Å². The number of nitrogens with one attached hydrogen (secondary N) is 2. The number of aromatic hydroxyl groups is 1. The lowest BCUT2D eigenvalue weighted by molar-refractivity contribution is 0.102. The Morgan fingerprint density at radius 3 is 2.53 bits per heavy atom. The van der Waals surface area contributed by atoms with Gasteiger partial charge in [0.25, 0.3) is 5.91 Å². The van der Waals surface area contributed by atoms with Crippen molar-refractivity contribution < 1.29 is 14.7 Å². The molecule has 0 radical (unpaired) electrons. The van der Waals surface area contributed by atoms with Gasteiger partial charge < -0.3 is 15.4 Å². The molecular weight excluding hydrogens is 248 g/mol. The third-order valence-corrected chi connectivity index (χ3v) is 2.44. The summed E-state index contributed by atoms with van der Waals surface area (Å²) in [6.07, 6.45) is 1.75. The number of pyridine rings is 1. The highest BCUT2D eigenvalue weighted by atomic mass is 16.3. The Morgan fingerprint density at radius 1 is 1.26 bits per heavy atom. The van der Waals surface area contributed by atoms with Crippen LogP contribution in [-0.4, -0.2) is 22.3 Å². The van der Waals surface area contributed by atoms with Crippen molar-refractivity contribution in [2.24, 2.45) is 0 Å². The summed E-state index contributed by atoms with van der Waals surface area (Å²) in [5, 5.41) is 11.6. The molecule has 1 aromatic heterocycles. The molecule has 0 aliphatic rings. The number of hydrogen-bond donors (Lipinski definition) is 3. The smallest absolute Gasteiger partial charge is 0.272 e. The lowest BCUT2D eigenvalue weighted by Gasteiger charge is -2.05. The van der Waals surface area contributed by atoms with E-state index in [4.69, 9.17) is 5.11 Å². The number of hydrogen-bond acceptors (Lipinski definition) is 4. The van der Waals surface area contributed by atoms with Gasteiger partial charge in [-0.05, 0) is 24.3 Å². The molecular formula is C13H10N2O4. The minimum Gasteiger partial charge on any atom is -0.503 e. The molecule has 0 spiro atoms. The summed E-state index contributed by atoms with van der Waals surface area (Å²) in [7, 11) is 0. The van der Waals surface area contributed by atoms with Gasteiger partial charge in [-0.3, -0.25) is 14.4 Å². The minimum absolute atomic E-state index is 0.0299. The summed E-state index contributed by atoms with van der Waals surface area (Å²) in [6.45, 7) is 0. The third kappa shape index (κ3) is 2.86. The van der Waals surface area contributed by atoms with E-state index < -0.39 is 17.1 Å². The molecule has 0 fully saturated rings. The summed E-state index contributed by atoms with van der Waals surface area (Å²) in [5.74, 6) is -0.970. The highest BCUT2D eigenvalue weighted by Gasteiger charge is 2.08. The number of H-pyrrole nitrogens is 1. The fourth-order valence-corrected chi connectivity index (χ4v) is 1.44. The van der Waals surface area contributed by atoms with Crippen LogP contribution in [0.5, 0.6) is 5.75 Å². The van der Waals surface area contributed by atoms with Gasteiger partial charge in [-0.15, -0.1) is 0 Å². The van der Waals surface area contributed by atoms with E-state index >= 15 is 0 Å². The van der Waals surface area contributed by atoms with Gasteiger partial charge in [-0.2, -0.15) is 0 Å². The average Bonchev–Trinajstić information content (AvgIpc) is 2.42. The molecule has 6 nitrogen and oxygen atoms in total. The van der Waals surface area contributed by atoms with Crippen molar-refractivity contribution >= 4 is 17.9 Å². The first-order valence-electron chi connectivity index (χ1n) is 5.38. The van der Waals surface area contributed by atoms with Crippen LogP contribution in [0.2, 0.25) is 0 Å². The largest absolute Gasteiger partial charge is 0.503 e. The summed E-state index contributed by atoms with van der Waals surface area (Å²) < 4.78 is 0. The monoisotopic (exact) mass is 258 g/mol. The lowest BCUT2D eigenvalue weighted by atomic mass is 10.2. The molecule has 6 heteroatoms. The molecule has 96 valence electrons. The normalized spacial score (nSPS) is 9.89. The van der Waals surface area contributed by atoms with E-state index in [1.54, 1.807) is 24.3 Å². The highest BCUT2D eigenvalue weighted by Crippen LogP contribution is 2.09. The van der Waals surface area contributed by atoms with Gasteiger partial charge in [0.15, 0.2) is 5.75 Å². The number of carbonyl (C=O) groups excluding carboxylic acids is 2. The Bertz CT molecular complexity index is 674. The zero-order chi connectivity index (χ0) is 13.8. The summed E-state index contributed by atoms with van der Waals surface area (Å²) in [6, 6.07) is 7.26.